The zero-order valence-corrected chi connectivity index (χ0v) is 8.97. The van der Waals surface area contributed by atoms with Gasteiger partial charge in [-0.05, 0) is 38.1 Å². The van der Waals surface area contributed by atoms with E-state index in [1.807, 2.05) is 24.4 Å². The van der Waals surface area contributed by atoms with Crippen molar-refractivity contribution in [2.24, 2.45) is 0 Å². The predicted octanol–water partition coefficient (Wildman–Crippen LogP) is 3.53. The minimum absolute atomic E-state index is 0.283. The fraction of sp³-hybridized carbons (Fsp3) is 0.455. The molecule has 1 unspecified atom stereocenters. The fourth-order valence-corrected chi connectivity index (χ4v) is 1.88. The van der Waals surface area contributed by atoms with Gasteiger partial charge in [-0.2, -0.15) is 0 Å². The quantitative estimate of drug-likeness (QED) is 0.730. The number of hydrogen-bond acceptors (Lipinski definition) is 2. The van der Waals surface area contributed by atoms with Crippen molar-refractivity contribution in [1.29, 1.82) is 0 Å². The van der Waals surface area contributed by atoms with Crippen molar-refractivity contribution in [3.05, 3.63) is 34.0 Å². The molecule has 0 aliphatic heterocycles. The first-order chi connectivity index (χ1) is 6.24. The Morgan fingerprint density at radius 1 is 1.69 bits per heavy atom. The van der Waals surface area contributed by atoms with E-state index in [0.717, 1.165) is 17.7 Å². The Balaban J connectivity index is 2.38. The maximum atomic E-state index is 9.74. The maximum Gasteiger partial charge on any atom is 0.0885 e. The molecule has 0 spiro atoms. The summed E-state index contributed by atoms with van der Waals surface area (Å²) in [4.78, 5) is 1.07. The molecular formula is C11H16OS. The van der Waals surface area contributed by atoms with Crippen molar-refractivity contribution < 1.29 is 5.11 Å². The summed E-state index contributed by atoms with van der Waals surface area (Å²) < 4.78 is 0. The molecule has 0 bridgehead atoms. The van der Waals surface area contributed by atoms with Crippen LogP contribution < -0.4 is 0 Å². The highest BCUT2D eigenvalue weighted by Crippen LogP contribution is 2.24. The van der Waals surface area contributed by atoms with Crippen molar-refractivity contribution in [2.45, 2.75) is 32.8 Å². The van der Waals surface area contributed by atoms with E-state index in [2.05, 4.69) is 13.0 Å². The van der Waals surface area contributed by atoms with Crippen LogP contribution in [0, 0.1) is 0 Å². The zero-order chi connectivity index (χ0) is 9.68. The Labute approximate surface area is 83.7 Å². The average molecular weight is 196 g/mol. The van der Waals surface area contributed by atoms with Crippen LogP contribution in [0.3, 0.4) is 0 Å². The number of thiophene rings is 1. The van der Waals surface area contributed by atoms with Gasteiger partial charge in [-0.25, -0.2) is 0 Å². The van der Waals surface area contributed by atoms with Gasteiger partial charge >= 0.3 is 0 Å². The van der Waals surface area contributed by atoms with Gasteiger partial charge in [-0.3, -0.25) is 0 Å². The standard InChI is InChI=1S/C11H16OS/c1-3-9(2)6-7-10(12)11-5-4-8-13-11/h3-5,8,10,12H,6-7H2,1-2H3/b9-3+. The average Bonchev–Trinajstić information content (AvgIpc) is 2.66. The predicted molar refractivity (Wildman–Crippen MR) is 57.9 cm³/mol. The van der Waals surface area contributed by atoms with Gasteiger partial charge in [0.15, 0.2) is 0 Å². The molecule has 0 saturated heterocycles. The molecular weight excluding hydrogens is 180 g/mol. The molecule has 1 aromatic heterocycles. The summed E-state index contributed by atoms with van der Waals surface area (Å²) in [5, 5.41) is 11.7. The number of rotatable bonds is 4. The first-order valence-corrected chi connectivity index (χ1v) is 5.45. The zero-order valence-electron chi connectivity index (χ0n) is 8.16. The van der Waals surface area contributed by atoms with E-state index in [4.69, 9.17) is 0 Å². The van der Waals surface area contributed by atoms with E-state index in [0.29, 0.717) is 0 Å². The van der Waals surface area contributed by atoms with Gasteiger partial charge in [0.25, 0.3) is 0 Å². The summed E-state index contributed by atoms with van der Waals surface area (Å²) in [6.07, 6.45) is 3.63. The Hall–Kier alpha value is -0.600. The molecule has 72 valence electrons. The van der Waals surface area contributed by atoms with Gasteiger partial charge < -0.3 is 5.11 Å². The van der Waals surface area contributed by atoms with Crippen molar-refractivity contribution >= 4 is 11.3 Å². The minimum Gasteiger partial charge on any atom is -0.388 e. The molecule has 1 aromatic rings. The van der Waals surface area contributed by atoms with E-state index in [9.17, 15) is 5.11 Å². The minimum atomic E-state index is -0.283. The number of allylic oxidation sites excluding steroid dienone is 2. The number of hydrogen-bond donors (Lipinski definition) is 1. The molecule has 1 rings (SSSR count). The third-order valence-electron chi connectivity index (χ3n) is 2.18. The fourth-order valence-electron chi connectivity index (χ4n) is 1.13. The van der Waals surface area contributed by atoms with Crippen molar-refractivity contribution in [2.75, 3.05) is 0 Å². The van der Waals surface area contributed by atoms with Crippen molar-refractivity contribution in [3.63, 3.8) is 0 Å². The summed E-state index contributed by atoms with van der Waals surface area (Å²) in [6, 6.07) is 3.96. The molecule has 1 N–H and O–H groups in total. The molecule has 1 heterocycles. The summed E-state index contributed by atoms with van der Waals surface area (Å²) in [6.45, 7) is 4.13. The molecule has 13 heavy (non-hydrogen) atoms. The lowest BCUT2D eigenvalue weighted by Gasteiger charge is -2.07. The van der Waals surface area contributed by atoms with Gasteiger partial charge in [0.05, 0.1) is 6.10 Å². The molecule has 0 aromatic carbocycles. The molecule has 0 saturated carbocycles. The van der Waals surface area contributed by atoms with E-state index in [1.165, 1.54) is 5.57 Å². The SMILES string of the molecule is C/C=C(\C)CCC(O)c1cccs1. The number of aliphatic hydroxyl groups excluding tert-OH is 1. The molecule has 1 nitrogen and oxygen atoms in total. The highest BCUT2D eigenvalue weighted by atomic mass is 32.1. The molecule has 0 radical (unpaired) electrons. The van der Waals surface area contributed by atoms with Gasteiger partial charge in [-0.1, -0.05) is 17.7 Å². The summed E-state index contributed by atoms with van der Waals surface area (Å²) in [5.74, 6) is 0. The monoisotopic (exact) mass is 196 g/mol. The second-order valence-electron chi connectivity index (χ2n) is 3.20. The Bertz CT molecular complexity index is 262. The highest BCUT2D eigenvalue weighted by Gasteiger charge is 2.07. The third-order valence-corrected chi connectivity index (χ3v) is 3.15. The maximum absolute atomic E-state index is 9.74. The summed E-state index contributed by atoms with van der Waals surface area (Å²) >= 11 is 1.62. The van der Waals surface area contributed by atoms with E-state index in [-0.39, 0.29) is 6.10 Å². The lowest BCUT2D eigenvalue weighted by molar-refractivity contribution is 0.171. The van der Waals surface area contributed by atoms with Gasteiger partial charge in [0, 0.05) is 4.88 Å². The van der Waals surface area contributed by atoms with Crippen LogP contribution >= 0.6 is 11.3 Å². The van der Waals surface area contributed by atoms with E-state index in [1.54, 1.807) is 11.3 Å². The van der Waals surface area contributed by atoms with Gasteiger partial charge in [0.1, 0.15) is 0 Å². The van der Waals surface area contributed by atoms with Crippen molar-refractivity contribution in [1.82, 2.24) is 0 Å². The lowest BCUT2D eigenvalue weighted by Crippen LogP contribution is -1.94. The summed E-state index contributed by atoms with van der Waals surface area (Å²) in [5.41, 5.74) is 1.34. The first kappa shape index (κ1) is 10.5. The van der Waals surface area contributed by atoms with Gasteiger partial charge in [-0.15, -0.1) is 11.3 Å². The summed E-state index contributed by atoms with van der Waals surface area (Å²) in [7, 11) is 0. The first-order valence-electron chi connectivity index (χ1n) is 4.57. The van der Waals surface area contributed by atoms with Crippen LogP contribution in [-0.4, -0.2) is 5.11 Å². The largest absolute Gasteiger partial charge is 0.388 e. The molecule has 2 heteroatoms. The van der Waals surface area contributed by atoms with Crippen LogP contribution in [-0.2, 0) is 0 Å². The normalized spacial score (nSPS) is 14.5. The lowest BCUT2D eigenvalue weighted by atomic mass is 10.1. The van der Waals surface area contributed by atoms with Crippen molar-refractivity contribution in [3.8, 4) is 0 Å². The third kappa shape index (κ3) is 3.33. The second-order valence-corrected chi connectivity index (χ2v) is 4.18. The van der Waals surface area contributed by atoms with Gasteiger partial charge in [0.2, 0.25) is 0 Å². The highest BCUT2D eigenvalue weighted by molar-refractivity contribution is 7.10. The van der Waals surface area contributed by atoms with Crippen LogP contribution in [0.1, 0.15) is 37.7 Å². The van der Waals surface area contributed by atoms with E-state index < -0.39 is 0 Å². The smallest absolute Gasteiger partial charge is 0.0885 e. The van der Waals surface area contributed by atoms with E-state index >= 15 is 0 Å². The molecule has 0 fully saturated rings. The molecule has 1 atom stereocenters. The Kier molecular flexibility index (Phi) is 4.19. The molecule has 0 aliphatic rings. The topological polar surface area (TPSA) is 20.2 Å². The Morgan fingerprint density at radius 3 is 3.00 bits per heavy atom. The number of aliphatic hydroxyl groups is 1. The Morgan fingerprint density at radius 2 is 2.46 bits per heavy atom. The van der Waals surface area contributed by atoms with Crippen LogP contribution in [0.5, 0.6) is 0 Å². The second kappa shape index (κ2) is 5.20. The molecule has 0 aliphatic carbocycles. The molecule has 0 amide bonds. The van der Waals surface area contributed by atoms with Crippen LogP contribution in [0.4, 0.5) is 0 Å². The van der Waals surface area contributed by atoms with Crippen LogP contribution in [0.25, 0.3) is 0 Å². The van der Waals surface area contributed by atoms with Crippen LogP contribution in [0.15, 0.2) is 29.2 Å². The van der Waals surface area contributed by atoms with Crippen LogP contribution in [0.2, 0.25) is 0 Å².